The molecule has 42 heavy (non-hydrogen) atoms. The van der Waals surface area contributed by atoms with Gasteiger partial charge in [0.2, 0.25) is 0 Å². The van der Waals surface area contributed by atoms with Crippen LogP contribution < -0.4 is 4.74 Å². The molecule has 0 aliphatic carbocycles. The van der Waals surface area contributed by atoms with Crippen molar-refractivity contribution in [3.8, 4) is 16.9 Å². The zero-order chi connectivity index (χ0) is 29.2. The number of ether oxygens (including phenoxy) is 2. The fraction of sp³-hybridized carbons (Fsp3) is 0.371. The number of hydrogen-bond acceptors (Lipinski definition) is 5. The predicted molar refractivity (Wildman–Crippen MR) is 168 cm³/mol. The monoisotopic (exact) mass is 564 g/mol. The van der Waals surface area contributed by atoms with Crippen LogP contribution in [0.2, 0.25) is 0 Å². The minimum atomic E-state index is -0.250. The van der Waals surface area contributed by atoms with Gasteiger partial charge >= 0.3 is 5.97 Å². The van der Waals surface area contributed by atoms with Crippen LogP contribution in [0.3, 0.4) is 0 Å². The van der Waals surface area contributed by atoms with E-state index >= 15 is 0 Å². The third-order valence-corrected chi connectivity index (χ3v) is 8.50. The maximum atomic E-state index is 13.6. The fourth-order valence-corrected chi connectivity index (χ4v) is 6.47. The zero-order valence-electron chi connectivity index (χ0n) is 25.2. The van der Waals surface area contributed by atoms with Crippen molar-refractivity contribution in [1.29, 1.82) is 0 Å². The summed E-state index contributed by atoms with van der Waals surface area (Å²) in [7, 11) is 4.17. The molecule has 2 aromatic heterocycles. The van der Waals surface area contributed by atoms with E-state index in [1.165, 1.54) is 5.39 Å². The van der Waals surface area contributed by atoms with Crippen LogP contribution in [0.15, 0.2) is 60.7 Å². The Morgan fingerprint density at radius 1 is 0.952 bits per heavy atom. The van der Waals surface area contributed by atoms with Gasteiger partial charge in [0.25, 0.3) is 0 Å². The molecule has 1 aliphatic heterocycles. The Morgan fingerprint density at radius 2 is 1.71 bits per heavy atom. The molecule has 0 spiro atoms. The minimum absolute atomic E-state index is 0.250. The number of carbonyl (C=O) groups excluding carboxylic acids is 1. The van der Waals surface area contributed by atoms with E-state index in [1.807, 2.05) is 42.9 Å². The first-order chi connectivity index (χ1) is 20.5. The number of fused-ring (bicyclic) bond motifs is 3. The summed E-state index contributed by atoms with van der Waals surface area (Å²) in [6, 6.07) is 20.9. The molecule has 1 aliphatic rings. The largest absolute Gasteiger partial charge is 0.493 e. The number of hydrogen-bond donors (Lipinski definition) is 0. The molecule has 0 amide bonds. The SMILES string of the molecule is CCOC(=O)c1c(CCCOc2cccc3ccccc23)c2cccc3c2n1CCCCN(C)Cc1nn(C)c(C)c1-3. The van der Waals surface area contributed by atoms with E-state index < -0.39 is 0 Å². The highest BCUT2D eigenvalue weighted by Gasteiger charge is 2.28. The van der Waals surface area contributed by atoms with Gasteiger partial charge in [-0.15, -0.1) is 0 Å². The van der Waals surface area contributed by atoms with Gasteiger partial charge in [0, 0.05) is 47.7 Å². The molecule has 0 saturated heterocycles. The predicted octanol–water partition coefficient (Wildman–Crippen LogP) is 6.92. The van der Waals surface area contributed by atoms with Crippen molar-refractivity contribution in [1.82, 2.24) is 19.2 Å². The molecule has 0 N–H and O–H groups in total. The quantitative estimate of drug-likeness (QED) is 0.159. The Labute approximate surface area is 247 Å². The summed E-state index contributed by atoms with van der Waals surface area (Å²) in [4.78, 5) is 16.0. The maximum Gasteiger partial charge on any atom is 0.355 e. The van der Waals surface area contributed by atoms with Crippen molar-refractivity contribution in [2.24, 2.45) is 7.05 Å². The first-order valence-corrected chi connectivity index (χ1v) is 15.1. The third kappa shape index (κ3) is 5.18. The van der Waals surface area contributed by atoms with Crippen LogP contribution in [0.4, 0.5) is 0 Å². The third-order valence-electron chi connectivity index (χ3n) is 8.50. The van der Waals surface area contributed by atoms with Gasteiger partial charge in [0.05, 0.1) is 24.4 Å². The number of benzene rings is 3. The van der Waals surface area contributed by atoms with E-state index in [4.69, 9.17) is 14.6 Å². The second-order valence-corrected chi connectivity index (χ2v) is 11.3. The number of aryl methyl sites for hydroxylation is 3. The summed E-state index contributed by atoms with van der Waals surface area (Å²) in [6.07, 6.45) is 3.51. The summed E-state index contributed by atoms with van der Waals surface area (Å²) < 4.78 is 16.2. The molecule has 0 saturated carbocycles. The molecule has 7 heteroatoms. The van der Waals surface area contributed by atoms with Crippen molar-refractivity contribution in [2.75, 3.05) is 26.8 Å². The second-order valence-electron chi connectivity index (χ2n) is 11.3. The summed E-state index contributed by atoms with van der Waals surface area (Å²) in [5, 5.41) is 8.32. The highest BCUT2D eigenvalue weighted by molar-refractivity contribution is 6.05. The molecular formula is C35H40N4O3. The highest BCUT2D eigenvalue weighted by Crippen LogP contribution is 2.39. The van der Waals surface area contributed by atoms with Crippen molar-refractivity contribution in [2.45, 2.75) is 52.6 Å². The molecule has 0 fully saturated rings. The first kappa shape index (κ1) is 28.0. The lowest BCUT2D eigenvalue weighted by molar-refractivity contribution is 0.0512. The zero-order valence-corrected chi connectivity index (χ0v) is 25.2. The number of aromatic nitrogens is 3. The van der Waals surface area contributed by atoms with E-state index in [-0.39, 0.29) is 5.97 Å². The van der Waals surface area contributed by atoms with Gasteiger partial charge in [0.1, 0.15) is 11.4 Å². The number of carbonyl (C=O) groups is 1. The average Bonchev–Trinajstić information content (AvgIpc) is 3.45. The Kier molecular flexibility index (Phi) is 8.02. The van der Waals surface area contributed by atoms with Crippen molar-refractivity contribution < 1.29 is 14.3 Å². The second kappa shape index (κ2) is 12.0. The Bertz CT molecular complexity index is 1740. The summed E-state index contributed by atoms with van der Waals surface area (Å²) in [5.41, 5.74) is 7.32. The van der Waals surface area contributed by atoms with Crippen LogP contribution in [0.1, 0.15) is 53.6 Å². The van der Waals surface area contributed by atoms with E-state index in [2.05, 4.69) is 59.8 Å². The van der Waals surface area contributed by atoms with Gasteiger partial charge in [-0.25, -0.2) is 4.79 Å². The number of esters is 1. The number of para-hydroxylation sites is 1. The topological polar surface area (TPSA) is 61.5 Å². The summed E-state index contributed by atoms with van der Waals surface area (Å²) >= 11 is 0. The molecule has 0 radical (unpaired) electrons. The van der Waals surface area contributed by atoms with Crippen LogP contribution in [0.5, 0.6) is 5.75 Å². The Hall–Kier alpha value is -4.10. The standard InChI is InChI=1S/C35H40N4O3/c1-5-41-35(40)34-28(18-12-22-42-31-19-10-14-25-13-6-7-15-26(25)31)27-16-11-17-29-32-24(2)38(4)36-30(32)23-37(3)20-8-9-21-39(34)33(27)29/h6-7,10-11,13-17,19H,5,8-9,12,18,20-23H2,1-4H3. The molecule has 218 valence electrons. The van der Waals surface area contributed by atoms with Crippen molar-refractivity contribution in [3.63, 3.8) is 0 Å². The molecule has 3 aromatic carbocycles. The Morgan fingerprint density at radius 3 is 2.57 bits per heavy atom. The van der Waals surface area contributed by atoms with Crippen LogP contribution in [0, 0.1) is 6.92 Å². The normalized spacial score (nSPS) is 14.1. The summed E-state index contributed by atoms with van der Waals surface area (Å²) in [6.45, 7) is 7.43. The minimum Gasteiger partial charge on any atom is -0.493 e. The molecular weight excluding hydrogens is 524 g/mol. The molecule has 7 nitrogen and oxygen atoms in total. The van der Waals surface area contributed by atoms with Gasteiger partial charge in [0.15, 0.2) is 0 Å². The van der Waals surface area contributed by atoms with Crippen LogP contribution in [-0.4, -0.2) is 52.0 Å². The lowest BCUT2D eigenvalue weighted by Crippen LogP contribution is -2.20. The fourth-order valence-electron chi connectivity index (χ4n) is 6.47. The molecule has 6 rings (SSSR count). The molecule has 0 unspecified atom stereocenters. The highest BCUT2D eigenvalue weighted by atomic mass is 16.5. The molecule has 3 heterocycles. The average molecular weight is 565 g/mol. The maximum absolute atomic E-state index is 13.6. The number of rotatable bonds is 7. The smallest absolute Gasteiger partial charge is 0.355 e. The lowest BCUT2D eigenvalue weighted by Gasteiger charge is -2.16. The van der Waals surface area contributed by atoms with Gasteiger partial charge in [-0.05, 0) is 70.1 Å². The molecule has 0 atom stereocenters. The molecule has 0 bridgehead atoms. The number of nitrogens with zero attached hydrogens (tertiary/aromatic N) is 4. The van der Waals surface area contributed by atoms with E-state index in [9.17, 15) is 4.79 Å². The summed E-state index contributed by atoms with van der Waals surface area (Å²) in [5.74, 6) is 0.641. The van der Waals surface area contributed by atoms with Gasteiger partial charge in [-0.2, -0.15) is 5.10 Å². The lowest BCUT2D eigenvalue weighted by atomic mass is 9.98. The van der Waals surface area contributed by atoms with E-state index in [0.29, 0.717) is 25.3 Å². The Balaban J connectivity index is 1.42. The molecule has 5 aromatic rings. The van der Waals surface area contributed by atoms with E-state index in [1.54, 1.807) is 0 Å². The van der Waals surface area contributed by atoms with Crippen LogP contribution in [-0.2, 0) is 31.3 Å². The first-order valence-electron chi connectivity index (χ1n) is 15.1. The van der Waals surface area contributed by atoms with E-state index in [0.717, 1.165) is 89.0 Å². The van der Waals surface area contributed by atoms with Crippen LogP contribution >= 0.6 is 0 Å². The van der Waals surface area contributed by atoms with Crippen LogP contribution in [0.25, 0.3) is 32.8 Å². The van der Waals surface area contributed by atoms with Crippen molar-refractivity contribution in [3.05, 3.63) is 83.3 Å². The van der Waals surface area contributed by atoms with Crippen molar-refractivity contribution >= 4 is 27.6 Å². The van der Waals surface area contributed by atoms with Gasteiger partial charge in [-0.1, -0.05) is 54.6 Å². The van der Waals surface area contributed by atoms with Gasteiger partial charge in [-0.3, -0.25) is 4.68 Å². The van der Waals surface area contributed by atoms with Gasteiger partial charge < -0.3 is 18.9 Å².